The van der Waals surface area contributed by atoms with Gasteiger partial charge in [0, 0.05) is 11.6 Å². The average Bonchev–Trinajstić information content (AvgIpc) is 3.00. The number of nitrogens with zero attached hydrogens (tertiary/aromatic N) is 1. The van der Waals surface area contributed by atoms with Gasteiger partial charge in [-0.3, -0.25) is 4.79 Å². The molecule has 0 aliphatic carbocycles. The number of rotatable bonds is 4. The fourth-order valence-corrected chi connectivity index (χ4v) is 2.26. The van der Waals surface area contributed by atoms with Crippen molar-refractivity contribution in [1.82, 2.24) is 5.16 Å². The Kier molecular flexibility index (Phi) is 3.74. The van der Waals surface area contributed by atoms with E-state index in [9.17, 15) is 4.79 Å². The van der Waals surface area contributed by atoms with Crippen molar-refractivity contribution in [3.8, 4) is 11.3 Å². The molecule has 0 bridgehead atoms. The highest BCUT2D eigenvalue weighted by Gasteiger charge is 2.10. The van der Waals surface area contributed by atoms with Gasteiger partial charge in [0.1, 0.15) is 5.69 Å². The molecule has 0 spiro atoms. The molecule has 0 aliphatic rings. The van der Waals surface area contributed by atoms with E-state index in [1.165, 1.54) is 16.7 Å². The van der Waals surface area contributed by atoms with E-state index in [4.69, 9.17) is 10.3 Å². The van der Waals surface area contributed by atoms with Crippen molar-refractivity contribution >= 4 is 5.91 Å². The van der Waals surface area contributed by atoms with Gasteiger partial charge >= 0.3 is 0 Å². The number of hydrogen-bond donors (Lipinski definition) is 1. The van der Waals surface area contributed by atoms with Crippen molar-refractivity contribution in [1.29, 1.82) is 0 Å². The molecule has 110 valence electrons. The first-order chi connectivity index (χ1) is 10.6. The molecule has 0 unspecified atom stereocenters. The Balaban J connectivity index is 1.77. The molecule has 1 heterocycles. The van der Waals surface area contributed by atoms with E-state index in [1.807, 2.05) is 24.3 Å². The molecule has 3 rings (SSSR count). The van der Waals surface area contributed by atoms with Crippen LogP contribution in [-0.2, 0) is 6.42 Å². The Hall–Kier alpha value is -2.88. The third kappa shape index (κ3) is 3.06. The topological polar surface area (TPSA) is 69.1 Å². The summed E-state index contributed by atoms with van der Waals surface area (Å²) in [5.74, 6) is -0.548. The SMILES string of the molecule is Cc1ccc(Cc2ccc(-c3cc(C(N)=O)on3)cc2)cc1. The van der Waals surface area contributed by atoms with Crippen molar-refractivity contribution in [3.05, 3.63) is 77.0 Å². The van der Waals surface area contributed by atoms with E-state index in [1.54, 1.807) is 6.07 Å². The number of benzene rings is 2. The van der Waals surface area contributed by atoms with Crippen molar-refractivity contribution < 1.29 is 9.32 Å². The summed E-state index contributed by atoms with van der Waals surface area (Å²) in [6.45, 7) is 2.08. The molecule has 4 heteroatoms. The summed E-state index contributed by atoms with van der Waals surface area (Å²) in [5, 5.41) is 3.86. The quantitative estimate of drug-likeness (QED) is 0.801. The van der Waals surface area contributed by atoms with E-state index in [0.29, 0.717) is 5.69 Å². The highest BCUT2D eigenvalue weighted by Crippen LogP contribution is 2.20. The van der Waals surface area contributed by atoms with Crippen LogP contribution >= 0.6 is 0 Å². The van der Waals surface area contributed by atoms with Gasteiger partial charge in [0.15, 0.2) is 0 Å². The maximum Gasteiger partial charge on any atom is 0.287 e. The van der Waals surface area contributed by atoms with Crippen molar-refractivity contribution in [2.75, 3.05) is 0 Å². The standard InChI is InChI=1S/C18H16N2O2/c1-12-2-4-13(5-3-12)10-14-6-8-15(9-7-14)16-11-17(18(19)21)22-20-16/h2-9,11H,10H2,1H3,(H2,19,21). The Labute approximate surface area is 128 Å². The maximum atomic E-state index is 11.0. The highest BCUT2D eigenvalue weighted by atomic mass is 16.5. The summed E-state index contributed by atoms with van der Waals surface area (Å²) in [4.78, 5) is 11.0. The number of hydrogen-bond acceptors (Lipinski definition) is 3. The largest absolute Gasteiger partial charge is 0.363 e. The molecule has 1 amide bonds. The van der Waals surface area contributed by atoms with Crippen LogP contribution in [0.1, 0.15) is 27.2 Å². The summed E-state index contributed by atoms with van der Waals surface area (Å²) in [6, 6.07) is 18.1. The van der Waals surface area contributed by atoms with E-state index < -0.39 is 5.91 Å². The van der Waals surface area contributed by atoms with Crippen molar-refractivity contribution in [3.63, 3.8) is 0 Å². The lowest BCUT2D eigenvalue weighted by Gasteiger charge is -2.03. The van der Waals surface area contributed by atoms with Crippen LogP contribution in [0.3, 0.4) is 0 Å². The second kappa shape index (κ2) is 5.85. The van der Waals surface area contributed by atoms with Gasteiger partial charge in [0.05, 0.1) is 0 Å². The summed E-state index contributed by atoms with van der Waals surface area (Å²) < 4.78 is 4.89. The molecule has 2 aromatic carbocycles. The van der Waals surface area contributed by atoms with Gasteiger partial charge in [-0.15, -0.1) is 0 Å². The smallest absolute Gasteiger partial charge is 0.287 e. The molecule has 3 aromatic rings. The number of aromatic nitrogens is 1. The first-order valence-corrected chi connectivity index (χ1v) is 7.03. The number of carbonyl (C=O) groups excluding carboxylic acids is 1. The van der Waals surface area contributed by atoms with E-state index in [-0.39, 0.29) is 5.76 Å². The number of carbonyl (C=O) groups is 1. The third-order valence-electron chi connectivity index (χ3n) is 3.53. The Bertz CT molecular complexity index is 787. The summed E-state index contributed by atoms with van der Waals surface area (Å²) in [5.41, 5.74) is 10.4. The van der Waals surface area contributed by atoms with Gasteiger partial charge in [-0.1, -0.05) is 59.3 Å². The van der Waals surface area contributed by atoms with Crippen molar-refractivity contribution in [2.45, 2.75) is 13.3 Å². The van der Waals surface area contributed by atoms with Crippen LogP contribution in [0, 0.1) is 6.92 Å². The zero-order valence-corrected chi connectivity index (χ0v) is 12.2. The molecule has 0 radical (unpaired) electrons. The second-order valence-corrected chi connectivity index (χ2v) is 5.30. The molecule has 2 N–H and O–H groups in total. The number of primary amides is 1. The molecule has 0 saturated carbocycles. The maximum absolute atomic E-state index is 11.0. The van der Waals surface area contributed by atoms with Crippen LogP contribution in [0.15, 0.2) is 59.1 Å². The van der Waals surface area contributed by atoms with Crippen LogP contribution in [0.4, 0.5) is 0 Å². The second-order valence-electron chi connectivity index (χ2n) is 5.30. The molecule has 22 heavy (non-hydrogen) atoms. The lowest BCUT2D eigenvalue weighted by atomic mass is 10.0. The van der Waals surface area contributed by atoms with E-state index >= 15 is 0 Å². The van der Waals surface area contributed by atoms with Crippen molar-refractivity contribution in [2.24, 2.45) is 5.73 Å². The average molecular weight is 292 g/mol. The van der Waals surface area contributed by atoms with Gasteiger partial charge in [0.25, 0.3) is 5.91 Å². The minimum Gasteiger partial charge on any atom is -0.363 e. The zero-order valence-electron chi connectivity index (χ0n) is 12.2. The highest BCUT2D eigenvalue weighted by molar-refractivity contribution is 5.90. The minimum atomic E-state index is -0.616. The third-order valence-corrected chi connectivity index (χ3v) is 3.53. The van der Waals surface area contributed by atoms with Crippen LogP contribution in [-0.4, -0.2) is 11.1 Å². The predicted molar refractivity (Wildman–Crippen MR) is 84.4 cm³/mol. The first kappa shape index (κ1) is 14.1. The summed E-state index contributed by atoms with van der Waals surface area (Å²) >= 11 is 0. The normalized spacial score (nSPS) is 10.6. The van der Waals surface area contributed by atoms with Gasteiger partial charge in [-0.05, 0) is 24.5 Å². The number of aryl methyl sites for hydroxylation is 1. The molecular formula is C18H16N2O2. The van der Waals surface area contributed by atoms with Gasteiger partial charge in [0.2, 0.25) is 5.76 Å². The Morgan fingerprint density at radius 3 is 2.18 bits per heavy atom. The Morgan fingerprint density at radius 1 is 1.05 bits per heavy atom. The number of nitrogens with two attached hydrogens (primary N) is 1. The van der Waals surface area contributed by atoms with Gasteiger partial charge in [-0.2, -0.15) is 0 Å². The molecule has 0 fully saturated rings. The van der Waals surface area contributed by atoms with E-state index in [0.717, 1.165) is 12.0 Å². The molecule has 0 atom stereocenters. The number of amides is 1. The fourth-order valence-electron chi connectivity index (χ4n) is 2.26. The summed E-state index contributed by atoms with van der Waals surface area (Å²) in [6.07, 6.45) is 0.881. The predicted octanol–water partition coefficient (Wildman–Crippen LogP) is 3.34. The molecule has 0 saturated heterocycles. The van der Waals surface area contributed by atoms with Gasteiger partial charge in [-0.25, -0.2) is 0 Å². The zero-order chi connectivity index (χ0) is 15.5. The molecular weight excluding hydrogens is 276 g/mol. The lowest BCUT2D eigenvalue weighted by Crippen LogP contribution is -2.09. The van der Waals surface area contributed by atoms with Crippen LogP contribution in [0.2, 0.25) is 0 Å². The minimum absolute atomic E-state index is 0.0683. The van der Waals surface area contributed by atoms with Crippen LogP contribution in [0.5, 0.6) is 0 Å². The van der Waals surface area contributed by atoms with Crippen LogP contribution < -0.4 is 5.73 Å². The monoisotopic (exact) mass is 292 g/mol. The van der Waals surface area contributed by atoms with Crippen LogP contribution in [0.25, 0.3) is 11.3 Å². The Morgan fingerprint density at radius 2 is 1.64 bits per heavy atom. The molecule has 1 aromatic heterocycles. The molecule has 4 nitrogen and oxygen atoms in total. The first-order valence-electron chi connectivity index (χ1n) is 7.03. The van der Waals surface area contributed by atoms with E-state index in [2.05, 4.69) is 36.3 Å². The fraction of sp³-hybridized carbons (Fsp3) is 0.111. The molecule has 0 aliphatic heterocycles. The summed E-state index contributed by atoms with van der Waals surface area (Å²) in [7, 11) is 0. The lowest BCUT2D eigenvalue weighted by molar-refractivity contribution is 0.0965. The van der Waals surface area contributed by atoms with Gasteiger partial charge < -0.3 is 10.3 Å².